The van der Waals surface area contributed by atoms with Gasteiger partial charge in [0.1, 0.15) is 0 Å². The standard InChI is InChI=1S/C15H29NO3/c1-2-13(11-6-4-3-5-7-11)16-8-12(10-17)15(19)14(18)9-16/h11-15,17-19H,2-10H2,1H3. The number of piperidine rings is 1. The molecule has 4 nitrogen and oxygen atoms in total. The van der Waals surface area contributed by atoms with Gasteiger partial charge in [0.15, 0.2) is 0 Å². The molecule has 2 fully saturated rings. The molecule has 0 amide bonds. The van der Waals surface area contributed by atoms with Gasteiger partial charge >= 0.3 is 0 Å². The summed E-state index contributed by atoms with van der Waals surface area (Å²) in [6.07, 6.45) is 6.18. The third-order valence-corrected chi connectivity index (χ3v) is 5.08. The molecule has 1 saturated heterocycles. The van der Waals surface area contributed by atoms with E-state index in [0.717, 1.165) is 12.3 Å². The summed E-state index contributed by atoms with van der Waals surface area (Å²) < 4.78 is 0. The Morgan fingerprint density at radius 3 is 2.37 bits per heavy atom. The quantitative estimate of drug-likeness (QED) is 0.713. The van der Waals surface area contributed by atoms with Crippen LogP contribution in [0.3, 0.4) is 0 Å². The van der Waals surface area contributed by atoms with Crippen molar-refractivity contribution in [1.29, 1.82) is 0 Å². The number of hydrogen-bond donors (Lipinski definition) is 3. The van der Waals surface area contributed by atoms with Crippen molar-refractivity contribution in [2.75, 3.05) is 19.7 Å². The predicted octanol–water partition coefficient (Wildman–Crippen LogP) is 0.991. The van der Waals surface area contributed by atoms with Crippen molar-refractivity contribution in [1.82, 2.24) is 4.90 Å². The van der Waals surface area contributed by atoms with Crippen molar-refractivity contribution in [3.05, 3.63) is 0 Å². The third-order valence-electron chi connectivity index (χ3n) is 5.08. The van der Waals surface area contributed by atoms with Gasteiger partial charge < -0.3 is 15.3 Å². The van der Waals surface area contributed by atoms with Crippen LogP contribution in [0.5, 0.6) is 0 Å². The van der Waals surface area contributed by atoms with Gasteiger partial charge in [0.2, 0.25) is 0 Å². The van der Waals surface area contributed by atoms with E-state index in [1.807, 2.05) is 0 Å². The predicted molar refractivity (Wildman–Crippen MR) is 74.8 cm³/mol. The van der Waals surface area contributed by atoms with Crippen molar-refractivity contribution in [3.63, 3.8) is 0 Å². The molecular weight excluding hydrogens is 242 g/mol. The monoisotopic (exact) mass is 271 g/mol. The molecule has 3 N–H and O–H groups in total. The Kier molecular flexibility index (Phi) is 5.63. The van der Waals surface area contributed by atoms with Crippen LogP contribution in [-0.2, 0) is 0 Å². The highest BCUT2D eigenvalue weighted by atomic mass is 16.3. The normalized spacial score (nSPS) is 36.3. The Morgan fingerprint density at radius 2 is 1.79 bits per heavy atom. The first-order valence-electron chi connectivity index (χ1n) is 7.88. The van der Waals surface area contributed by atoms with E-state index in [0.29, 0.717) is 19.1 Å². The van der Waals surface area contributed by atoms with E-state index in [1.54, 1.807) is 0 Å². The molecule has 2 rings (SSSR count). The van der Waals surface area contributed by atoms with Crippen LogP contribution in [0.4, 0.5) is 0 Å². The first-order chi connectivity index (χ1) is 9.17. The van der Waals surface area contributed by atoms with Crippen LogP contribution in [0.25, 0.3) is 0 Å². The largest absolute Gasteiger partial charge is 0.396 e. The van der Waals surface area contributed by atoms with Crippen LogP contribution < -0.4 is 0 Å². The molecule has 19 heavy (non-hydrogen) atoms. The molecule has 0 aromatic carbocycles. The molecule has 1 heterocycles. The van der Waals surface area contributed by atoms with Crippen LogP contribution in [0.15, 0.2) is 0 Å². The summed E-state index contributed by atoms with van der Waals surface area (Å²) in [5.74, 6) is 0.516. The summed E-state index contributed by atoms with van der Waals surface area (Å²) in [6.45, 7) is 3.43. The van der Waals surface area contributed by atoms with Crippen molar-refractivity contribution in [2.45, 2.75) is 63.7 Å². The molecule has 2 aliphatic rings. The second-order valence-electron chi connectivity index (χ2n) is 6.33. The van der Waals surface area contributed by atoms with E-state index in [2.05, 4.69) is 11.8 Å². The fraction of sp³-hybridized carbons (Fsp3) is 1.00. The maximum atomic E-state index is 9.99. The SMILES string of the molecule is CCC(C1CCCCC1)N1CC(O)C(O)C(CO)C1. The van der Waals surface area contributed by atoms with Crippen LogP contribution in [-0.4, -0.2) is 58.2 Å². The fourth-order valence-electron chi connectivity index (χ4n) is 3.99. The second-order valence-corrected chi connectivity index (χ2v) is 6.33. The molecule has 4 unspecified atom stereocenters. The maximum Gasteiger partial charge on any atom is 0.0929 e. The van der Waals surface area contributed by atoms with E-state index in [-0.39, 0.29) is 12.5 Å². The lowest BCUT2D eigenvalue weighted by molar-refractivity contribution is -0.102. The molecule has 112 valence electrons. The Hall–Kier alpha value is -0.160. The van der Waals surface area contributed by atoms with Gasteiger partial charge in [-0.3, -0.25) is 4.90 Å². The van der Waals surface area contributed by atoms with Gasteiger partial charge in [-0.25, -0.2) is 0 Å². The van der Waals surface area contributed by atoms with Gasteiger partial charge in [0, 0.05) is 31.7 Å². The third kappa shape index (κ3) is 3.48. The molecule has 1 aliphatic heterocycles. The van der Waals surface area contributed by atoms with Crippen LogP contribution in [0.1, 0.15) is 45.4 Å². The number of β-amino-alcohol motifs (C(OH)–C–C–N with tert-alkyl or cyclic N) is 1. The van der Waals surface area contributed by atoms with Gasteiger partial charge in [-0.2, -0.15) is 0 Å². The molecule has 0 radical (unpaired) electrons. The minimum Gasteiger partial charge on any atom is -0.396 e. The number of rotatable bonds is 4. The van der Waals surface area contributed by atoms with Gasteiger partial charge in [0.25, 0.3) is 0 Å². The fourth-order valence-corrected chi connectivity index (χ4v) is 3.99. The smallest absolute Gasteiger partial charge is 0.0929 e. The Bertz CT molecular complexity index is 268. The molecule has 1 aliphatic carbocycles. The summed E-state index contributed by atoms with van der Waals surface area (Å²) in [6, 6.07) is 0.497. The lowest BCUT2D eigenvalue weighted by atomic mass is 9.80. The highest BCUT2D eigenvalue weighted by molar-refractivity contribution is 4.91. The zero-order chi connectivity index (χ0) is 13.8. The number of hydrogen-bond acceptors (Lipinski definition) is 4. The molecule has 0 spiro atoms. The molecule has 4 atom stereocenters. The van der Waals surface area contributed by atoms with Crippen LogP contribution in [0.2, 0.25) is 0 Å². The zero-order valence-electron chi connectivity index (χ0n) is 12.0. The van der Waals surface area contributed by atoms with Crippen LogP contribution >= 0.6 is 0 Å². The molecule has 0 aromatic heterocycles. The first kappa shape index (κ1) is 15.2. The highest BCUT2D eigenvalue weighted by Crippen LogP contribution is 2.32. The first-order valence-corrected chi connectivity index (χ1v) is 7.88. The van der Waals surface area contributed by atoms with Gasteiger partial charge in [-0.05, 0) is 25.2 Å². The van der Waals surface area contributed by atoms with Gasteiger partial charge in [-0.1, -0.05) is 26.2 Å². The number of nitrogens with zero attached hydrogens (tertiary/aromatic N) is 1. The molecule has 1 saturated carbocycles. The average molecular weight is 271 g/mol. The van der Waals surface area contributed by atoms with Gasteiger partial charge in [0.05, 0.1) is 12.2 Å². The Balaban J connectivity index is 2.01. The number of aliphatic hydroxyl groups excluding tert-OH is 3. The maximum absolute atomic E-state index is 9.99. The van der Waals surface area contributed by atoms with E-state index in [9.17, 15) is 15.3 Å². The topological polar surface area (TPSA) is 63.9 Å². The molecule has 0 aromatic rings. The highest BCUT2D eigenvalue weighted by Gasteiger charge is 2.38. The Labute approximate surface area is 116 Å². The Morgan fingerprint density at radius 1 is 1.11 bits per heavy atom. The van der Waals surface area contributed by atoms with E-state index in [1.165, 1.54) is 32.1 Å². The van der Waals surface area contributed by atoms with E-state index >= 15 is 0 Å². The lowest BCUT2D eigenvalue weighted by Crippen LogP contribution is -2.57. The number of aliphatic hydroxyl groups is 3. The van der Waals surface area contributed by atoms with Crippen molar-refractivity contribution >= 4 is 0 Å². The molecule has 4 heteroatoms. The lowest BCUT2D eigenvalue weighted by Gasteiger charge is -2.45. The minimum absolute atomic E-state index is 0.0458. The van der Waals surface area contributed by atoms with E-state index in [4.69, 9.17) is 0 Å². The second kappa shape index (κ2) is 7.02. The van der Waals surface area contributed by atoms with Crippen molar-refractivity contribution in [3.8, 4) is 0 Å². The summed E-state index contributed by atoms with van der Waals surface area (Å²) in [5, 5.41) is 29.2. The van der Waals surface area contributed by atoms with Crippen molar-refractivity contribution < 1.29 is 15.3 Å². The molecule has 0 bridgehead atoms. The zero-order valence-corrected chi connectivity index (χ0v) is 12.0. The van der Waals surface area contributed by atoms with Gasteiger partial charge in [-0.15, -0.1) is 0 Å². The average Bonchev–Trinajstić information content (AvgIpc) is 2.44. The number of likely N-dealkylation sites (tertiary alicyclic amines) is 1. The summed E-state index contributed by atoms with van der Waals surface area (Å²) in [4.78, 5) is 2.31. The summed E-state index contributed by atoms with van der Waals surface area (Å²) in [7, 11) is 0. The summed E-state index contributed by atoms with van der Waals surface area (Å²) >= 11 is 0. The van der Waals surface area contributed by atoms with Crippen LogP contribution in [0, 0.1) is 11.8 Å². The summed E-state index contributed by atoms with van der Waals surface area (Å²) in [5.41, 5.74) is 0. The van der Waals surface area contributed by atoms with E-state index < -0.39 is 12.2 Å². The minimum atomic E-state index is -0.773. The molecular formula is C15H29NO3. The van der Waals surface area contributed by atoms with Crippen molar-refractivity contribution in [2.24, 2.45) is 11.8 Å².